The van der Waals surface area contributed by atoms with Crippen LogP contribution in [0.25, 0.3) is 0 Å². The SMILES string of the molecule is CCCCCC/C=C\CCCCCCCCCC(=O)NC(COP(=O)(O)OCC[N+](C)(C)C)C(O)/C=C/CCCCCCCCCCCCCCCCCCCCCCC. The van der Waals surface area contributed by atoms with Crippen molar-refractivity contribution in [1.29, 1.82) is 0 Å². The molecule has 0 saturated carbocycles. The van der Waals surface area contributed by atoms with E-state index in [2.05, 4.69) is 31.3 Å². The lowest BCUT2D eigenvalue weighted by Gasteiger charge is -2.25. The van der Waals surface area contributed by atoms with Gasteiger partial charge in [0.1, 0.15) is 13.2 Å². The first-order chi connectivity index (χ1) is 29.0. The molecule has 60 heavy (non-hydrogen) atoms. The van der Waals surface area contributed by atoms with E-state index in [4.69, 9.17) is 9.05 Å². The fourth-order valence-electron chi connectivity index (χ4n) is 7.57. The van der Waals surface area contributed by atoms with Crippen molar-refractivity contribution >= 4 is 13.7 Å². The molecule has 3 unspecified atom stereocenters. The molecule has 1 amide bonds. The van der Waals surface area contributed by atoms with Crippen LogP contribution in [-0.4, -0.2) is 73.4 Å². The summed E-state index contributed by atoms with van der Waals surface area (Å²) in [5.41, 5.74) is 0. The van der Waals surface area contributed by atoms with Crippen molar-refractivity contribution < 1.29 is 32.9 Å². The lowest BCUT2D eigenvalue weighted by Crippen LogP contribution is -2.45. The normalized spacial score (nSPS) is 14.3. The first kappa shape index (κ1) is 59.0. The van der Waals surface area contributed by atoms with E-state index in [9.17, 15) is 19.4 Å². The molecule has 0 fully saturated rings. The van der Waals surface area contributed by atoms with Gasteiger partial charge in [0.05, 0.1) is 39.9 Å². The molecule has 3 atom stereocenters. The van der Waals surface area contributed by atoms with Gasteiger partial charge in [-0.2, -0.15) is 0 Å². The molecule has 0 radical (unpaired) electrons. The van der Waals surface area contributed by atoms with Gasteiger partial charge in [-0.1, -0.05) is 218 Å². The highest BCUT2D eigenvalue weighted by Gasteiger charge is 2.27. The van der Waals surface area contributed by atoms with Crippen molar-refractivity contribution in [3.63, 3.8) is 0 Å². The predicted molar refractivity (Wildman–Crippen MR) is 258 cm³/mol. The summed E-state index contributed by atoms with van der Waals surface area (Å²) >= 11 is 0. The summed E-state index contributed by atoms with van der Waals surface area (Å²) in [5, 5.41) is 13.9. The third-order valence-corrected chi connectivity index (χ3v) is 12.6. The Labute approximate surface area is 373 Å². The van der Waals surface area contributed by atoms with Gasteiger partial charge in [0.15, 0.2) is 0 Å². The largest absolute Gasteiger partial charge is 0.472 e. The number of aliphatic hydroxyl groups excluding tert-OH is 1. The minimum absolute atomic E-state index is 0.0620. The summed E-state index contributed by atoms with van der Waals surface area (Å²) in [6.45, 7) is 4.82. The van der Waals surface area contributed by atoms with Crippen LogP contribution in [0.2, 0.25) is 0 Å². The number of likely N-dealkylation sites (N-methyl/N-ethyl adjacent to an activating group) is 1. The molecule has 0 aromatic rings. The fraction of sp³-hybridized carbons (Fsp3) is 0.902. The predicted octanol–water partition coefficient (Wildman–Crippen LogP) is 14.9. The Morgan fingerprint density at radius 3 is 1.30 bits per heavy atom. The monoisotopic (exact) mass is 870 g/mol. The molecule has 8 nitrogen and oxygen atoms in total. The van der Waals surface area contributed by atoms with Gasteiger partial charge in [0.25, 0.3) is 0 Å². The van der Waals surface area contributed by atoms with Gasteiger partial charge in [0.2, 0.25) is 5.91 Å². The highest BCUT2D eigenvalue weighted by molar-refractivity contribution is 7.47. The number of rotatable bonds is 47. The maximum absolute atomic E-state index is 12.9. The van der Waals surface area contributed by atoms with Crippen molar-refractivity contribution in [2.24, 2.45) is 0 Å². The Bertz CT molecular complexity index is 1030. The quantitative estimate of drug-likeness (QED) is 0.0243. The molecular formula is C51H102N2O6P+. The molecule has 0 aromatic heterocycles. The summed E-state index contributed by atoms with van der Waals surface area (Å²) in [4.78, 5) is 23.2. The smallest absolute Gasteiger partial charge is 0.387 e. The van der Waals surface area contributed by atoms with Crippen LogP contribution in [0.1, 0.15) is 245 Å². The summed E-state index contributed by atoms with van der Waals surface area (Å²) in [6.07, 6.45) is 52.6. The lowest BCUT2D eigenvalue weighted by molar-refractivity contribution is -0.870. The van der Waals surface area contributed by atoms with Crippen LogP contribution >= 0.6 is 7.82 Å². The molecule has 0 bridgehead atoms. The number of hydrogen-bond acceptors (Lipinski definition) is 5. The van der Waals surface area contributed by atoms with E-state index >= 15 is 0 Å². The van der Waals surface area contributed by atoms with Crippen molar-refractivity contribution in [2.75, 3.05) is 40.9 Å². The Morgan fingerprint density at radius 1 is 0.550 bits per heavy atom. The molecule has 0 heterocycles. The number of allylic oxidation sites excluding steroid dienone is 3. The molecule has 356 valence electrons. The average molecular weight is 870 g/mol. The highest BCUT2D eigenvalue weighted by Crippen LogP contribution is 2.43. The zero-order valence-electron chi connectivity index (χ0n) is 40.5. The van der Waals surface area contributed by atoms with Crippen LogP contribution in [0.15, 0.2) is 24.3 Å². The van der Waals surface area contributed by atoms with Gasteiger partial charge < -0.3 is 19.8 Å². The standard InChI is InChI=1S/C51H101N2O6P/c1-6-8-10-12-14-16-18-20-22-23-24-25-26-27-28-29-31-32-34-36-38-40-42-44-50(54)49(48-59-60(56,57)58-47-46-53(3,4)5)52-51(55)45-43-41-39-37-35-33-30-21-19-17-15-13-11-9-7-2/h17,19,42,44,49-50,54H,6-16,18,20-41,43,45-48H2,1-5H3,(H-,52,55,56,57)/p+1/b19-17-,44-42+. The maximum atomic E-state index is 12.9. The number of aliphatic hydroxyl groups is 1. The number of nitrogens with one attached hydrogen (secondary N) is 1. The van der Waals surface area contributed by atoms with Crippen LogP contribution in [0.4, 0.5) is 0 Å². The van der Waals surface area contributed by atoms with E-state index < -0.39 is 20.0 Å². The Hall–Kier alpha value is -1.02. The van der Waals surface area contributed by atoms with E-state index in [1.807, 2.05) is 27.2 Å². The molecule has 0 saturated heterocycles. The first-order valence-corrected chi connectivity index (χ1v) is 27.2. The van der Waals surface area contributed by atoms with E-state index in [0.717, 1.165) is 38.5 Å². The van der Waals surface area contributed by atoms with Crippen LogP contribution in [0, 0.1) is 0 Å². The maximum Gasteiger partial charge on any atom is 0.472 e. The second-order valence-electron chi connectivity index (χ2n) is 18.9. The van der Waals surface area contributed by atoms with Crippen molar-refractivity contribution in [3.8, 4) is 0 Å². The zero-order valence-corrected chi connectivity index (χ0v) is 41.4. The highest BCUT2D eigenvalue weighted by atomic mass is 31.2. The van der Waals surface area contributed by atoms with E-state index in [1.54, 1.807) is 6.08 Å². The Morgan fingerprint density at radius 2 is 0.900 bits per heavy atom. The third-order valence-electron chi connectivity index (χ3n) is 11.7. The van der Waals surface area contributed by atoms with Gasteiger partial charge in [-0.15, -0.1) is 0 Å². The molecule has 0 aliphatic heterocycles. The fourth-order valence-corrected chi connectivity index (χ4v) is 8.30. The number of quaternary nitrogens is 1. The summed E-state index contributed by atoms with van der Waals surface area (Å²) < 4.78 is 23.6. The number of carbonyl (C=O) groups excluding carboxylic acids is 1. The summed E-state index contributed by atoms with van der Waals surface area (Å²) in [7, 11) is 1.58. The summed E-state index contributed by atoms with van der Waals surface area (Å²) in [5.74, 6) is -0.180. The van der Waals surface area contributed by atoms with Crippen molar-refractivity contribution in [2.45, 2.75) is 257 Å². The molecule has 0 aliphatic rings. The number of nitrogens with zero attached hydrogens (tertiary/aromatic N) is 1. The number of phosphoric ester groups is 1. The molecule has 9 heteroatoms. The lowest BCUT2D eigenvalue weighted by atomic mass is 10.0. The first-order valence-electron chi connectivity index (χ1n) is 25.7. The molecule has 3 N–H and O–H groups in total. The molecular weight excluding hydrogens is 768 g/mol. The van der Waals surface area contributed by atoms with Gasteiger partial charge in [-0.3, -0.25) is 13.8 Å². The van der Waals surface area contributed by atoms with Gasteiger partial charge >= 0.3 is 7.82 Å². The van der Waals surface area contributed by atoms with E-state index in [1.165, 1.54) is 186 Å². The molecule has 0 spiro atoms. The van der Waals surface area contributed by atoms with Crippen LogP contribution in [0.3, 0.4) is 0 Å². The van der Waals surface area contributed by atoms with Crippen molar-refractivity contribution in [1.82, 2.24) is 5.32 Å². The minimum Gasteiger partial charge on any atom is -0.387 e. The second kappa shape index (κ2) is 43.2. The van der Waals surface area contributed by atoms with Crippen LogP contribution in [-0.2, 0) is 18.4 Å². The topological polar surface area (TPSA) is 105 Å². The number of unbranched alkanes of at least 4 members (excludes halogenated alkanes) is 32. The number of phosphoric acid groups is 1. The molecule has 0 rings (SSSR count). The number of amides is 1. The molecule has 0 aliphatic carbocycles. The third kappa shape index (κ3) is 45.0. The number of carbonyl (C=O) groups is 1. The average Bonchev–Trinajstić information content (AvgIpc) is 3.20. The number of hydrogen-bond donors (Lipinski definition) is 3. The van der Waals surface area contributed by atoms with Crippen molar-refractivity contribution in [3.05, 3.63) is 24.3 Å². The Balaban J connectivity index is 4.27. The van der Waals surface area contributed by atoms with Crippen LogP contribution < -0.4 is 5.32 Å². The van der Waals surface area contributed by atoms with E-state index in [-0.39, 0.29) is 19.1 Å². The molecule has 0 aromatic carbocycles. The minimum atomic E-state index is -4.34. The van der Waals surface area contributed by atoms with Crippen LogP contribution in [0.5, 0.6) is 0 Å². The van der Waals surface area contributed by atoms with E-state index in [0.29, 0.717) is 17.4 Å². The van der Waals surface area contributed by atoms with Gasteiger partial charge in [-0.05, 0) is 44.9 Å². The van der Waals surface area contributed by atoms with Gasteiger partial charge in [-0.25, -0.2) is 4.57 Å². The second-order valence-corrected chi connectivity index (χ2v) is 20.4. The Kier molecular flexibility index (Phi) is 42.5. The zero-order chi connectivity index (χ0) is 44.3. The van der Waals surface area contributed by atoms with Gasteiger partial charge in [0, 0.05) is 6.42 Å². The summed E-state index contributed by atoms with van der Waals surface area (Å²) in [6, 6.07) is -0.846.